The van der Waals surface area contributed by atoms with Crippen molar-refractivity contribution in [2.45, 2.75) is 17.3 Å². The molecular formula is C17H14BrF3N2O2S. The Labute approximate surface area is 160 Å². The van der Waals surface area contributed by atoms with Gasteiger partial charge in [0.15, 0.2) is 0 Å². The zero-order valence-corrected chi connectivity index (χ0v) is 15.9. The van der Waals surface area contributed by atoms with Crippen LogP contribution in [0.1, 0.15) is 15.9 Å². The molecule has 0 atom stereocenters. The van der Waals surface area contributed by atoms with Crippen molar-refractivity contribution >= 4 is 45.2 Å². The third kappa shape index (κ3) is 6.38. The van der Waals surface area contributed by atoms with E-state index in [2.05, 4.69) is 26.6 Å². The molecule has 0 aliphatic rings. The quantitative estimate of drug-likeness (QED) is 0.652. The standard InChI is InChI=1S/C17H14BrF3N2O2S/c1-10-8-12(18)4-7-14(10)23-15(24)9-22-16(25)11-2-5-13(6-3-11)26-17(19,20)21/h2-8H,9H2,1H3,(H,22,25)(H,23,24). The van der Waals surface area contributed by atoms with Crippen LogP contribution in [0.4, 0.5) is 18.9 Å². The van der Waals surface area contributed by atoms with Crippen molar-refractivity contribution < 1.29 is 22.8 Å². The summed E-state index contributed by atoms with van der Waals surface area (Å²) in [5.74, 6) is -0.954. The fourth-order valence-corrected chi connectivity index (χ4v) is 3.05. The van der Waals surface area contributed by atoms with E-state index in [1.807, 2.05) is 13.0 Å². The summed E-state index contributed by atoms with van der Waals surface area (Å²) in [6.45, 7) is 1.58. The first-order valence-corrected chi connectivity index (χ1v) is 8.95. The van der Waals surface area contributed by atoms with Crippen molar-refractivity contribution in [1.29, 1.82) is 0 Å². The fraction of sp³-hybridized carbons (Fsp3) is 0.176. The van der Waals surface area contributed by atoms with Crippen LogP contribution in [0.5, 0.6) is 0 Å². The lowest BCUT2D eigenvalue weighted by Crippen LogP contribution is -2.32. The van der Waals surface area contributed by atoms with Crippen LogP contribution in [-0.4, -0.2) is 23.9 Å². The van der Waals surface area contributed by atoms with Gasteiger partial charge in [0.25, 0.3) is 5.91 Å². The Morgan fingerprint density at radius 2 is 1.77 bits per heavy atom. The van der Waals surface area contributed by atoms with E-state index in [0.29, 0.717) is 5.69 Å². The highest BCUT2D eigenvalue weighted by atomic mass is 79.9. The van der Waals surface area contributed by atoms with E-state index in [1.54, 1.807) is 12.1 Å². The molecule has 0 radical (unpaired) electrons. The van der Waals surface area contributed by atoms with E-state index in [4.69, 9.17) is 0 Å². The molecule has 2 aromatic carbocycles. The maximum absolute atomic E-state index is 12.3. The Balaban J connectivity index is 1.88. The number of thioether (sulfide) groups is 1. The van der Waals surface area contributed by atoms with Crippen molar-refractivity contribution in [3.05, 3.63) is 58.1 Å². The normalized spacial score (nSPS) is 11.1. The molecule has 2 amide bonds. The lowest BCUT2D eigenvalue weighted by Gasteiger charge is -2.10. The van der Waals surface area contributed by atoms with Gasteiger partial charge in [-0.1, -0.05) is 15.9 Å². The van der Waals surface area contributed by atoms with E-state index < -0.39 is 17.3 Å². The number of rotatable bonds is 5. The minimum Gasteiger partial charge on any atom is -0.343 e. The molecule has 4 nitrogen and oxygen atoms in total. The number of hydrogen-bond acceptors (Lipinski definition) is 3. The molecule has 0 spiro atoms. The van der Waals surface area contributed by atoms with Gasteiger partial charge < -0.3 is 10.6 Å². The Morgan fingerprint density at radius 1 is 1.12 bits per heavy atom. The van der Waals surface area contributed by atoms with E-state index in [0.717, 1.165) is 10.0 Å². The van der Waals surface area contributed by atoms with Crippen LogP contribution in [-0.2, 0) is 4.79 Å². The molecule has 0 bridgehead atoms. The van der Waals surface area contributed by atoms with Crippen LogP contribution >= 0.6 is 27.7 Å². The second kappa shape index (κ2) is 8.59. The molecule has 0 heterocycles. The number of amides is 2. The maximum atomic E-state index is 12.3. The molecule has 0 saturated heterocycles. The molecule has 0 unspecified atom stereocenters. The fourth-order valence-electron chi connectivity index (χ4n) is 2.03. The van der Waals surface area contributed by atoms with Gasteiger partial charge in [0.2, 0.25) is 5.91 Å². The van der Waals surface area contributed by atoms with Gasteiger partial charge in [0.1, 0.15) is 0 Å². The average Bonchev–Trinajstić information content (AvgIpc) is 2.54. The summed E-state index contributed by atoms with van der Waals surface area (Å²) in [5, 5.41) is 5.10. The topological polar surface area (TPSA) is 58.2 Å². The highest BCUT2D eigenvalue weighted by molar-refractivity contribution is 9.10. The van der Waals surface area contributed by atoms with Crippen LogP contribution in [0.25, 0.3) is 0 Å². The molecule has 0 fully saturated rings. The lowest BCUT2D eigenvalue weighted by atomic mass is 10.2. The monoisotopic (exact) mass is 446 g/mol. The molecule has 2 aromatic rings. The summed E-state index contributed by atoms with van der Waals surface area (Å²) in [6.07, 6.45) is 0. The zero-order chi connectivity index (χ0) is 19.3. The second-order valence-corrected chi connectivity index (χ2v) is 7.32. The number of nitrogens with one attached hydrogen (secondary N) is 2. The summed E-state index contributed by atoms with van der Waals surface area (Å²) in [6, 6.07) is 10.3. The Bertz CT molecular complexity index is 811. The van der Waals surface area contributed by atoms with Gasteiger partial charge >= 0.3 is 5.51 Å². The molecule has 0 aromatic heterocycles. The van der Waals surface area contributed by atoms with Crippen LogP contribution < -0.4 is 10.6 Å². The van der Waals surface area contributed by atoms with Gasteiger partial charge in [0, 0.05) is 20.6 Å². The van der Waals surface area contributed by atoms with E-state index in [-0.39, 0.29) is 28.8 Å². The third-order valence-electron chi connectivity index (χ3n) is 3.22. The second-order valence-electron chi connectivity index (χ2n) is 5.26. The molecule has 2 rings (SSSR count). The van der Waals surface area contributed by atoms with E-state index in [9.17, 15) is 22.8 Å². The smallest absolute Gasteiger partial charge is 0.343 e. The molecular weight excluding hydrogens is 433 g/mol. The van der Waals surface area contributed by atoms with Gasteiger partial charge in [-0.15, -0.1) is 0 Å². The Kier molecular flexibility index (Phi) is 6.71. The molecule has 0 aliphatic carbocycles. The molecule has 2 N–H and O–H groups in total. The van der Waals surface area contributed by atoms with Crippen molar-refractivity contribution in [3.63, 3.8) is 0 Å². The number of alkyl halides is 3. The zero-order valence-electron chi connectivity index (χ0n) is 13.5. The molecule has 9 heteroatoms. The van der Waals surface area contributed by atoms with Gasteiger partial charge in [-0.25, -0.2) is 0 Å². The van der Waals surface area contributed by atoms with E-state index in [1.165, 1.54) is 24.3 Å². The lowest BCUT2D eigenvalue weighted by molar-refractivity contribution is -0.115. The predicted octanol–water partition coefficient (Wildman–Crippen LogP) is 4.74. The highest BCUT2D eigenvalue weighted by Crippen LogP contribution is 2.36. The van der Waals surface area contributed by atoms with Crippen molar-refractivity contribution in [1.82, 2.24) is 5.32 Å². The number of halogens is 4. The van der Waals surface area contributed by atoms with Gasteiger partial charge in [-0.05, 0) is 66.7 Å². The first kappa shape index (κ1) is 20.3. The minimum absolute atomic E-state index is 0.0162. The van der Waals surface area contributed by atoms with Gasteiger partial charge in [0.05, 0.1) is 6.54 Å². The molecule has 0 aliphatic heterocycles. The Morgan fingerprint density at radius 3 is 2.35 bits per heavy atom. The number of carbonyl (C=O) groups is 2. The molecule has 0 saturated carbocycles. The predicted molar refractivity (Wildman–Crippen MR) is 98.2 cm³/mol. The molecule has 26 heavy (non-hydrogen) atoms. The summed E-state index contributed by atoms with van der Waals surface area (Å²) in [4.78, 5) is 23.9. The van der Waals surface area contributed by atoms with E-state index >= 15 is 0 Å². The Hall–Kier alpha value is -2.00. The number of aryl methyl sites for hydroxylation is 1. The first-order valence-electron chi connectivity index (χ1n) is 7.34. The van der Waals surface area contributed by atoms with Gasteiger partial charge in [-0.3, -0.25) is 9.59 Å². The number of hydrogen-bond donors (Lipinski definition) is 2. The SMILES string of the molecule is Cc1cc(Br)ccc1NC(=O)CNC(=O)c1ccc(SC(F)(F)F)cc1. The van der Waals surface area contributed by atoms with Crippen LogP contribution in [0.15, 0.2) is 51.8 Å². The number of anilines is 1. The number of carbonyl (C=O) groups excluding carboxylic acids is 2. The maximum Gasteiger partial charge on any atom is 0.446 e. The molecule has 138 valence electrons. The van der Waals surface area contributed by atoms with Crippen LogP contribution in [0.3, 0.4) is 0 Å². The third-order valence-corrected chi connectivity index (χ3v) is 4.45. The van der Waals surface area contributed by atoms with Crippen molar-refractivity contribution in [2.24, 2.45) is 0 Å². The largest absolute Gasteiger partial charge is 0.446 e. The van der Waals surface area contributed by atoms with Crippen LogP contribution in [0.2, 0.25) is 0 Å². The average molecular weight is 447 g/mol. The van der Waals surface area contributed by atoms with Gasteiger partial charge in [-0.2, -0.15) is 13.2 Å². The number of benzene rings is 2. The summed E-state index contributed by atoms with van der Waals surface area (Å²) < 4.78 is 37.7. The summed E-state index contributed by atoms with van der Waals surface area (Å²) in [7, 11) is 0. The van der Waals surface area contributed by atoms with Crippen molar-refractivity contribution in [2.75, 3.05) is 11.9 Å². The van der Waals surface area contributed by atoms with Crippen LogP contribution in [0, 0.1) is 6.92 Å². The summed E-state index contributed by atoms with van der Waals surface area (Å²) in [5.41, 5.74) is -2.73. The minimum atomic E-state index is -4.38. The van der Waals surface area contributed by atoms with Crippen molar-refractivity contribution in [3.8, 4) is 0 Å². The highest BCUT2D eigenvalue weighted by Gasteiger charge is 2.29. The first-order chi connectivity index (χ1) is 12.1. The summed E-state index contributed by atoms with van der Waals surface area (Å²) >= 11 is 3.07.